The number of rotatable bonds is 9. The summed E-state index contributed by atoms with van der Waals surface area (Å²) in [5.74, 6) is 0. The first kappa shape index (κ1) is 26.9. The standard InChI is InChI=1S/C26H28N2O4S2.ClH/c1-28(2)18-17-25-23(22-15-9-10-16-24(22)27-25)19-26(33(29,30)20-11-5-3-6-12-20)34(31,32)21-13-7-4-8-14-21;/h3-16,26-27H,17-19H2,1-2H3;1H. The molecule has 0 radical (unpaired) electrons. The minimum absolute atomic E-state index is 0. The average Bonchev–Trinajstić information content (AvgIpc) is 3.19. The summed E-state index contributed by atoms with van der Waals surface area (Å²) in [5, 5.41) is 0.841. The summed E-state index contributed by atoms with van der Waals surface area (Å²) in [5.41, 5.74) is 2.44. The van der Waals surface area contributed by atoms with Gasteiger partial charge in [-0.05, 0) is 50.0 Å². The normalized spacial score (nSPS) is 12.2. The van der Waals surface area contributed by atoms with E-state index in [0.717, 1.165) is 28.7 Å². The van der Waals surface area contributed by atoms with E-state index >= 15 is 0 Å². The van der Waals surface area contributed by atoms with Gasteiger partial charge in [0.25, 0.3) is 0 Å². The fraction of sp³-hybridized carbons (Fsp3) is 0.231. The Kier molecular flexibility index (Phi) is 8.43. The Morgan fingerprint density at radius 1 is 0.743 bits per heavy atom. The number of fused-ring (bicyclic) bond motifs is 1. The fourth-order valence-electron chi connectivity index (χ4n) is 4.11. The lowest BCUT2D eigenvalue weighted by Gasteiger charge is -2.20. The van der Waals surface area contributed by atoms with Gasteiger partial charge in [-0.2, -0.15) is 0 Å². The zero-order valence-corrected chi connectivity index (χ0v) is 22.0. The number of para-hydroxylation sites is 1. The fourth-order valence-corrected chi connectivity index (χ4v) is 8.57. The molecule has 0 spiro atoms. The first-order chi connectivity index (χ1) is 16.2. The van der Waals surface area contributed by atoms with E-state index in [4.69, 9.17) is 0 Å². The van der Waals surface area contributed by atoms with Crippen LogP contribution in [0.15, 0.2) is 94.7 Å². The second kappa shape index (κ2) is 11.0. The summed E-state index contributed by atoms with van der Waals surface area (Å²) < 4.78 is 53.5. The highest BCUT2D eigenvalue weighted by molar-refractivity contribution is 8.09. The van der Waals surface area contributed by atoms with Crippen LogP contribution < -0.4 is 0 Å². The highest BCUT2D eigenvalue weighted by atomic mass is 35.5. The highest BCUT2D eigenvalue weighted by Crippen LogP contribution is 2.32. The average molecular weight is 533 g/mol. The number of aromatic nitrogens is 1. The van der Waals surface area contributed by atoms with Crippen molar-refractivity contribution in [3.05, 3.63) is 96.2 Å². The van der Waals surface area contributed by atoms with Crippen molar-refractivity contribution < 1.29 is 16.8 Å². The summed E-state index contributed by atoms with van der Waals surface area (Å²) >= 11 is 0. The van der Waals surface area contributed by atoms with Crippen LogP contribution in [0.2, 0.25) is 0 Å². The van der Waals surface area contributed by atoms with Gasteiger partial charge in [-0.3, -0.25) is 0 Å². The third-order valence-corrected chi connectivity index (χ3v) is 11.0. The van der Waals surface area contributed by atoms with Gasteiger partial charge in [0.1, 0.15) is 0 Å². The number of likely N-dealkylation sites (N-methyl/N-ethyl adjacent to an activating group) is 1. The molecule has 0 aliphatic carbocycles. The van der Waals surface area contributed by atoms with Crippen molar-refractivity contribution in [3.8, 4) is 0 Å². The molecule has 0 unspecified atom stereocenters. The second-order valence-corrected chi connectivity index (χ2v) is 13.1. The van der Waals surface area contributed by atoms with Crippen molar-refractivity contribution in [1.82, 2.24) is 9.88 Å². The quantitative estimate of drug-likeness (QED) is 0.343. The molecule has 0 fully saturated rings. The third kappa shape index (κ3) is 5.62. The van der Waals surface area contributed by atoms with E-state index in [-0.39, 0.29) is 28.6 Å². The number of aromatic amines is 1. The van der Waals surface area contributed by atoms with Crippen LogP contribution in [0, 0.1) is 0 Å². The molecule has 186 valence electrons. The van der Waals surface area contributed by atoms with Crippen LogP contribution in [0.5, 0.6) is 0 Å². The van der Waals surface area contributed by atoms with Crippen molar-refractivity contribution in [1.29, 1.82) is 0 Å². The zero-order valence-electron chi connectivity index (χ0n) is 19.6. The largest absolute Gasteiger partial charge is 0.358 e. The lowest BCUT2D eigenvalue weighted by molar-refractivity contribution is 0.411. The van der Waals surface area contributed by atoms with E-state index in [1.165, 1.54) is 24.3 Å². The van der Waals surface area contributed by atoms with Crippen LogP contribution in [0.25, 0.3) is 10.9 Å². The van der Waals surface area contributed by atoms with Gasteiger partial charge in [0.15, 0.2) is 24.3 Å². The SMILES string of the molecule is CN(C)CCc1[nH]c2ccccc2c1CC(S(=O)(=O)c1ccccc1)S(=O)(=O)c1ccccc1.Cl. The molecule has 4 rings (SSSR count). The van der Waals surface area contributed by atoms with E-state index in [0.29, 0.717) is 6.42 Å². The molecular weight excluding hydrogens is 504 g/mol. The second-order valence-electron chi connectivity index (χ2n) is 8.53. The first-order valence-corrected chi connectivity index (χ1v) is 14.1. The topological polar surface area (TPSA) is 87.3 Å². The summed E-state index contributed by atoms with van der Waals surface area (Å²) in [4.78, 5) is 5.42. The summed E-state index contributed by atoms with van der Waals surface area (Å²) in [6.45, 7) is 0.737. The van der Waals surface area contributed by atoms with E-state index < -0.39 is 24.3 Å². The van der Waals surface area contributed by atoms with Crippen LogP contribution in [0.1, 0.15) is 11.3 Å². The molecule has 4 aromatic rings. The third-order valence-electron chi connectivity index (χ3n) is 5.92. The number of benzene rings is 3. The van der Waals surface area contributed by atoms with Gasteiger partial charge in [-0.1, -0.05) is 54.6 Å². The van der Waals surface area contributed by atoms with Crippen molar-refractivity contribution >= 4 is 43.0 Å². The molecule has 3 aromatic carbocycles. The number of sulfone groups is 2. The van der Waals surface area contributed by atoms with Gasteiger partial charge >= 0.3 is 0 Å². The molecule has 0 aliphatic heterocycles. The van der Waals surface area contributed by atoms with Crippen LogP contribution in [0.4, 0.5) is 0 Å². The Hall–Kier alpha value is -2.65. The predicted molar refractivity (Wildman–Crippen MR) is 143 cm³/mol. The molecule has 1 N–H and O–H groups in total. The number of nitrogens with zero attached hydrogens (tertiary/aromatic N) is 1. The molecule has 35 heavy (non-hydrogen) atoms. The van der Waals surface area contributed by atoms with E-state index in [1.54, 1.807) is 36.4 Å². The Morgan fingerprint density at radius 3 is 1.74 bits per heavy atom. The Balaban J connectivity index is 0.00000342. The first-order valence-electron chi connectivity index (χ1n) is 11.0. The van der Waals surface area contributed by atoms with Crippen LogP contribution in [-0.4, -0.2) is 51.9 Å². The smallest absolute Gasteiger partial charge is 0.196 e. The van der Waals surface area contributed by atoms with Gasteiger partial charge in [0, 0.05) is 36.0 Å². The summed E-state index contributed by atoms with van der Waals surface area (Å²) in [6.07, 6.45) is 0.488. The van der Waals surface area contributed by atoms with Crippen molar-refractivity contribution in [2.24, 2.45) is 0 Å². The molecule has 1 heterocycles. The lowest BCUT2D eigenvalue weighted by atomic mass is 10.1. The monoisotopic (exact) mass is 532 g/mol. The van der Waals surface area contributed by atoms with Crippen LogP contribution in [0.3, 0.4) is 0 Å². The number of halogens is 1. The number of H-pyrrole nitrogens is 1. The minimum Gasteiger partial charge on any atom is -0.358 e. The Bertz CT molecular complexity index is 1410. The summed E-state index contributed by atoms with van der Waals surface area (Å²) in [6, 6.07) is 23.2. The minimum atomic E-state index is -4.21. The van der Waals surface area contributed by atoms with Gasteiger partial charge < -0.3 is 9.88 Å². The highest BCUT2D eigenvalue weighted by Gasteiger charge is 2.40. The van der Waals surface area contributed by atoms with Gasteiger partial charge in [0.05, 0.1) is 9.79 Å². The molecule has 0 saturated heterocycles. The molecular formula is C26H29ClN2O4S2. The lowest BCUT2D eigenvalue weighted by Crippen LogP contribution is -2.33. The number of hydrogen-bond donors (Lipinski definition) is 1. The van der Waals surface area contributed by atoms with Crippen molar-refractivity contribution in [3.63, 3.8) is 0 Å². The molecule has 1 aromatic heterocycles. The molecule has 6 nitrogen and oxygen atoms in total. The van der Waals surface area contributed by atoms with Crippen molar-refractivity contribution in [2.75, 3.05) is 20.6 Å². The molecule has 0 aliphatic rings. The van der Waals surface area contributed by atoms with E-state index in [9.17, 15) is 16.8 Å². The molecule has 9 heteroatoms. The van der Waals surface area contributed by atoms with Crippen molar-refractivity contribution in [2.45, 2.75) is 27.2 Å². The maximum atomic E-state index is 13.8. The molecule has 0 amide bonds. The maximum absolute atomic E-state index is 13.8. The molecule has 0 bridgehead atoms. The van der Waals surface area contributed by atoms with Gasteiger partial charge in [-0.25, -0.2) is 16.8 Å². The maximum Gasteiger partial charge on any atom is 0.196 e. The molecule has 0 atom stereocenters. The van der Waals surface area contributed by atoms with E-state index in [2.05, 4.69) is 4.98 Å². The Labute approximate surface area is 213 Å². The van der Waals surface area contributed by atoms with E-state index in [1.807, 2.05) is 43.3 Å². The number of hydrogen-bond acceptors (Lipinski definition) is 5. The van der Waals surface area contributed by atoms with Crippen LogP contribution >= 0.6 is 12.4 Å². The number of nitrogens with one attached hydrogen (secondary N) is 1. The summed E-state index contributed by atoms with van der Waals surface area (Å²) in [7, 11) is -4.50. The van der Waals surface area contributed by atoms with Crippen LogP contribution in [-0.2, 0) is 32.5 Å². The van der Waals surface area contributed by atoms with Gasteiger partial charge in [0.2, 0.25) is 0 Å². The predicted octanol–water partition coefficient (Wildman–Crippen LogP) is 4.51. The molecule has 0 saturated carbocycles. The zero-order chi connectivity index (χ0) is 24.3. The van der Waals surface area contributed by atoms with Gasteiger partial charge in [-0.15, -0.1) is 12.4 Å². The Morgan fingerprint density at radius 2 is 1.23 bits per heavy atom.